The van der Waals surface area contributed by atoms with Gasteiger partial charge in [-0.25, -0.2) is 18.6 Å². The third-order valence-corrected chi connectivity index (χ3v) is 7.11. The maximum absolute atomic E-state index is 12.4. The predicted molar refractivity (Wildman–Crippen MR) is 144 cm³/mol. The molecule has 186 valence electrons. The van der Waals surface area contributed by atoms with Crippen LogP contribution >= 0.6 is 15.9 Å². The van der Waals surface area contributed by atoms with Crippen molar-refractivity contribution in [1.29, 1.82) is 0 Å². The molecule has 10 heteroatoms. The van der Waals surface area contributed by atoms with Crippen LogP contribution in [0.5, 0.6) is 5.75 Å². The van der Waals surface area contributed by atoms with Gasteiger partial charge < -0.3 is 4.74 Å². The van der Waals surface area contributed by atoms with Crippen molar-refractivity contribution in [2.75, 3.05) is 4.72 Å². The van der Waals surface area contributed by atoms with Gasteiger partial charge in [0.05, 0.1) is 16.7 Å². The van der Waals surface area contributed by atoms with Gasteiger partial charge in [-0.2, -0.15) is 5.10 Å². The van der Waals surface area contributed by atoms with E-state index in [1.54, 1.807) is 66.7 Å². The lowest BCUT2D eigenvalue weighted by atomic mass is 10.2. The summed E-state index contributed by atoms with van der Waals surface area (Å²) in [6.07, 6.45) is 1.44. The molecule has 0 bridgehead atoms. The highest BCUT2D eigenvalue weighted by Crippen LogP contribution is 2.20. The zero-order valence-electron chi connectivity index (χ0n) is 19.2. The van der Waals surface area contributed by atoms with E-state index in [2.05, 4.69) is 31.2 Å². The SMILES string of the molecule is O=C(N/N=C\c1ccc(OC(=O)c2ccccc2Br)cc1)c1ccc(NS(=O)(=O)c2ccccc2)cc1. The second kappa shape index (κ2) is 11.6. The molecule has 37 heavy (non-hydrogen) atoms. The second-order valence-corrected chi connectivity index (χ2v) is 10.2. The molecule has 4 aromatic rings. The topological polar surface area (TPSA) is 114 Å². The minimum absolute atomic E-state index is 0.140. The first-order valence-corrected chi connectivity index (χ1v) is 13.2. The smallest absolute Gasteiger partial charge is 0.344 e. The van der Waals surface area contributed by atoms with Crippen LogP contribution in [0, 0.1) is 0 Å². The molecule has 0 aliphatic rings. The maximum atomic E-state index is 12.4. The minimum atomic E-state index is -3.72. The lowest BCUT2D eigenvalue weighted by Gasteiger charge is -2.08. The van der Waals surface area contributed by atoms with Crippen molar-refractivity contribution in [3.05, 3.63) is 124 Å². The van der Waals surface area contributed by atoms with Crippen molar-refractivity contribution >= 4 is 49.7 Å². The molecule has 0 saturated heterocycles. The number of hydrogen-bond donors (Lipinski definition) is 2. The molecular formula is C27H20BrN3O5S. The molecule has 8 nitrogen and oxygen atoms in total. The average molecular weight is 578 g/mol. The zero-order valence-corrected chi connectivity index (χ0v) is 21.6. The molecule has 0 spiro atoms. The second-order valence-electron chi connectivity index (χ2n) is 7.63. The molecule has 0 radical (unpaired) electrons. The summed E-state index contributed by atoms with van der Waals surface area (Å²) in [7, 11) is -3.72. The number of benzene rings is 4. The summed E-state index contributed by atoms with van der Waals surface area (Å²) in [6, 6.07) is 27.5. The van der Waals surface area contributed by atoms with Crippen LogP contribution in [0.4, 0.5) is 5.69 Å². The van der Waals surface area contributed by atoms with E-state index < -0.39 is 21.9 Å². The van der Waals surface area contributed by atoms with Crippen molar-refractivity contribution < 1.29 is 22.7 Å². The van der Waals surface area contributed by atoms with Crippen LogP contribution in [-0.2, 0) is 10.0 Å². The van der Waals surface area contributed by atoms with Crippen LogP contribution in [0.2, 0.25) is 0 Å². The fourth-order valence-electron chi connectivity index (χ4n) is 3.14. The minimum Gasteiger partial charge on any atom is -0.423 e. The molecule has 0 unspecified atom stereocenters. The summed E-state index contributed by atoms with van der Waals surface area (Å²) in [5.74, 6) is -0.585. The average Bonchev–Trinajstić information content (AvgIpc) is 2.90. The van der Waals surface area contributed by atoms with Gasteiger partial charge in [0, 0.05) is 15.7 Å². The van der Waals surface area contributed by atoms with E-state index in [1.165, 1.54) is 42.6 Å². The number of nitrogens with one attached hydrogen (secondary N) is 2. The molecule has 0 aliphatic heterocycles. The molecular weight excluding hydrogens is 558 g/mol. The Morgan fingerprint density at radius 1 is 0.811 bits per heavy atom. The molecule has 0 aliphatic carbocycles. The normalized spacial score (nSPS) is 11.2. The molecule has 2 N–H and O–H groups in total. The molecule has 0 heterocycles. The van der Waals surface area contributed by atoms with Gasteiger partial charge in [-0.3, -0.25) is 9.52 Å². The Kier molecular flexibility index (Phi) is 8.11. The Bertz CT molecular complexity index is 1540. The number of rotatable bonds is 8. The summed E-state index contributed by atoms with van der Waals surface area (Å²) in [5, 5.41) is 3.94. The van der Waals surface area contributed by atoms with Gasteiger partial charge in [0.15, 0.2) is 0 Å². The van der Waals surface area contributed by atoms with Crippen LogP contribution < -0.4 is 14.9 Å². The van der Waals surface area contributed by atoms with Gasteiger partial charge in [-0.1, -0.05) is 30.3 Å². The van der Waals surface area contributed by atoms with E-state index in [0.717, 1.165) is 0 Å². The van der Waals surface area contributed by atoms with Gasteiger partial charge in [0.25, 0.3) is 15.9 Å². The predicted octanol–water partition coefficient (Wildman–Crippen LogP) is 5.23. The van der Waals surface area contributed by atoms with Crippen molar-refractivity contribution in [1.82, 2.24) is 5.43 Å². The van der Waals surface area contributed by atoms with Crippen molar-refractivity contribution in [2.45, 2.75) is 4.90 Å². The third kappa shape index (κ3) is 6.90. The lowest BCUT2D eigenvalue weighted by molar-refractivity contribution is 0.0733. The van der Waals surface area contributed by atoms with Gasteiger partial charge in [-0.05, 0) is 94.3 Å². The number of sulfonamides is 1. The standard InChI is InChI=1S/C27H20BrN3O5S/c28-25-9-5-4-8-24(25)27(33)36-22-16-10-19(11-17-22)18-29-30-26(32)20-12-14-21(15-13-20)31-37(34,35)23-6-2-1-3-7-23/h1-18,31H,(H,30,32)/b29-18-. The van der Waals surface area contributed by atoms with Crippen molar-refractivity contribution in [3.63, 3.8) is 0 Å². The van der Waals surface area contributed by atoms with E-state index in [4.69, 9.17) is 4.74 Å². The number of amides is 1. The summed E-state index contributed by atoms with van der Waals surface area (Å²) in [5.41, 5.74) is 4.13. The number of anilines is 1. The molecule has 4 rings (SSSR count). The van der Waals surface area contributed by atoms with Gasteiger partial charge in [0.1, 0.15) is 5.75 Å². The summed E-state index contributed by atoms with van der Waals surface area (Å²) in [6.45, 7) is 0. The third-order valence-electron chi connectivity index (χ3n) is 5.02. The fourth-order valence-corrected chi connectivity index (χ4v) is 4.67. The highest BCUT2D eigenvalue weighted by Gasteiger charge is 2.14. The zero-order chi connectivity index (χ0) is 26.3. The van der Waals surface area contributed by atoms with E-state index in [-0.39, 0.29) is 4.90 Å². The van der Waals surface area contributed by atoms with E-state index in [9.17, 15) is 18.0 Å². The Balaban J connectivity index is 1.31. The molecule has 1 amide bonds. The molecule has 4 aromatic carbocycles. The number of ether oxygens (including phenoxy) is 1. The molecule has 0 atom stereocenters. The Morgan fingerprint density at radius 3 is 2.14 bits per heavy atom. The first kappa shape index (κ1) is 25.8. The van der Waals surface area contributed by atoms with Crippen LogP contribution in [-0.4, -0.2) is 26.5 Å². The monoisotopic (exact) mass is 577 g/mol. The molecule has 0 saturated carbocycles. The van der Waals surface area contributed by atoms with E-state index in [0.29, 0.717) is 32.6 Å². The first-order chi connectivity index (χ1) is 17.8. The quantitative estimate of drug-likeness (QED) is 0.129. The number of carbonyl (C=O) groups is 2. The number of hydrogen-bond acceptors (Lipinski definition) is 6. The number of halogens is 1. The van der Waals surface area contributed by atoms with Gasteiger partial charge >= 0.3 is 5.97 Å². The summed E-state index contributed by atoms with van der Waals surface area (Å²) >= 11 is 3.32. The maximum Gasteiger partial charge on any atom is 0.344 e. The van der Waals surface area contributed by atoms with Gasteiger partial charge in [0.2, 0.25) is 0 Å². The molecule has 0 fully saturated rings. The Labute approximate surface area is 222 Å². The van der Waals surface area contributed by atoms with E-state index in [1.807, 2.05) is 0 Å². The van der Waals surface area contributed by atoms with Crippen LogP contribution in [0.15, 0.2) is 118 Å². The van der Waals surface area contributed by atoms with Gasteiger partial charge in [-0.15, -0.1) is 0 Å². The van der Waals surface area contributed by atoms with Crippen LogP contribution in [0.25, 0.3) is 0 Å². The van der Waals surface area contributed by atoms with Crippen molar-refractivity contribution in [3.8, 4) is 5.75 Å². The number of esters is 1. The largest absolute Gasteiger partial charge is 0.423 e. The Morgan fingerprint density at radius 2 is 1.46 bits per heavy atom. The van der Waals surface area contributed by atoms with Crippen LogP contribution in [0.1, 0.15) is 26.3 Å². The lowest BCUT2D eigenvalue weighted by Crippen LogP contribution is -2.18. The first-order valence-electron chi connectivity index (χ1n) is 10.9. The highest BCUT2D eigenvalue weighted by atomic mass is 79.9. The Hall–Kier alpha value is -4.28. The number of hydrazone groups is 1. The summed E-state index contributed by atoms with van der Waals surface area (Å²) < 4.78 is 33.3. The number of nitrogens with zero attached hydrogens (tertiary/aromatic N) is 1. The highest BCUT2D eigenvalue weighted by molar-refractivity contribution is 9.10. The number of carbonyl (C=O) groups excluding carboxylic acids is 2. The van der Waals surface area contributed by atoms with Crippen molar-refractivity contribution in [2.24, 2.45) is 5.10 Å². The van der Waals surface area contributed by atoms with Crippen LogP contribution in [0.3, 0.4) is 0 Å². The molecule has 0 aromatic heterocycles. The fraction of sp³-hybridized carbons (Fsp3) is 0. The van der Waals surface area contributed by atoms with E-state index >= 15 is 0 Å². The summed E-state index contributed by atoms with van der Waals surface area (Å²) in [4.78, 5) is 24.8.